The van der Waals surface area contributed by atoms with Crippen LogP contribution in [0.2, 0.25) is 0 Å². The number of rotatable bonds is 12. The molecular weight excluding hydrogens is 529 g/mol. The molecule has 7 nitrogen and oxygen atoms in total. The summed E-state index contributed by atoms with van der Waals surface area (Å²) in [6, 6.07) is 19.4. The van der Waals surface area contributed by atoms with Gasteiger partial charge in [-0.2, -0.15) is 0 Å². The number of sulfonamides is 1. The van der Waals surface area contributed by atoms with Gasteiger partial charge in [0.15, 0.2) is 0 Å². The number of halogens is 1. The average molecular weight is 568 g/mol. The van der Waals surface area contributed by atoms with Crippen LogP contribution in [0.4, 0.5) is 10.1 Å². The zero-order valence-corrected chi connectivity index (χ0v) is 24.5. The Morgan fingerprint density at radius 1 is 0.925 bits per heavy atom. The van der Waals surface area contributed by atoms with Crippen LogP contribution in [-0.2, 0) is 32.6 Å². The summed E-state index contributed by atoms with van der Waals surface area (Å²) in [6.45, 7) is 7.34. The lowest BCUT2D eigenvalue weighted by Crippen LogP contribution is -2.53. The predicted octanol–water partition coefficient (Wildman–Crippen LogP) is 4.62. The number of nitrogens with zero attached hydrogens (tertiary/aromatic N) is 2. The Labute approximate surface area is 237 Å². The highest BCUT2D eigenvalue weighted by Gasteiger charge is 2.33. The van der Waals surface area contributed by atoms with Crippen molar-refractivity contribution in [1.29, 1.82) is 0 Å². The van der Waals surface area contributed by atoms with Crippen molar-refractivity contribution in [1.82, 2.24) is 10.2 Å². The van der Waals surface area contributed by atoms with Gasteiger partial charge in [-0.05, 0) is 54.7 Å². The van der Waals surface area contributed by atoms with Crippen molar-refractivity contribution in [3.8, 4) is 0 Å². The molecule has 1 N–H and O–H groups in total. The maximum atomic E-state index is 14.8. The highest BCUT2D eigenvalue weighted by molar-refractivity contribution is 7.92. The zero-order valence-electron chi connectivity index (χ0n) is 23.7. The quantitative estimate of drug-likeness (QED) is 0.346. The van der Waals surface area contributed by atoms with E-state index in [1.165, 1.54) is 11.0 Å². The second kappa shape index (κ2) is 13.6. The molecule has 9 heteroatoms. The van der Waals surface area contributed by atoms with Crippen LogP contribution >= 0.6 is 0 Å². The Morgan fingerprint density at radius 2 is 1.57 bits per heavy atom. The topological polar surface area (TPSA) is 86.8 Å². The van der Waals surface area contributed by atoms with Crippen LogP contribution in [0.15, 0.2) is 72.8 Å². The summed E-state index contributed by atoms with van der Waals surface area (Å²) in [7, 11) is -3.87. The average Bonchev–Trinajstić information content (AvgIpc) is 2.90. The van der Waals surface area contributed by atoms with E-state index in [-0.39, 0.29) is 30.4 Å². The Kier molecular flexibility index (Phi) is 10.5. The molecule has 0 unspecified atom stereocenters. The van der Waals surface area contributed by atoms with Crippen molar-refractivity contribution in [3.05, 3.63) is 101 Å². The van der Waals surface area contributed by atoms with E-state index in [9.17, 15) is 22.4 Å². The molecule has 0 aliphatic carbocycles. The minimum atomic E-state index is -3.87. The molecule has 2 amide bonds. The number of carbonyl (C=O) groups is 2. The minimum absolute atomic E-state index is 0.169. The molecule has 0 saturated carbocycles. The molecule has 1 atom stereocenters. The first-order chi connectivity index (χ1) is 18.9. The van der Waals surface area contributed by atoms with Crippen molar-refractivity contribution in [3.63, 3.8) is 0 Å². The Balaban J connectivity index is 2.07. The standard InChI is InChI=1S/C31H38FN3O4S/c1-22(2)19-33-31(37)29(18-25-11-7-6-8-12-25)34(20-26-13-9-10-14-28(26)32)30(36)21-35(40(5,38)39)27-16-15-23(3)24(4)17-27/h6-17,22,29H,18-21H2,1-5H3,(H,33,37)/t29-/m1/s1. The van der Waals surface area contributed by atoms with E-state index in [4.69, 9.17) is 0 Å². The van der Waals surface area contributed by atoms with Gasteiger partial charge in [-0.1, -0.05) is 68.4 Å². The number of nitrogens with one attached hydrogen (secondary N) is 1. The molecule has 0 aliphatic heterocycles. The van der Waals surface area contributed by atoms with Crippen LogP contribution in [0.1, 0.15) is 36.1 Å². The first-order valence-electron chi connectivity index (χ1n) is 13.3. The van der Waals surface area contributed by atoms with Crippen molar-refractivity contribution in [2.45, 2.75) is 46.7 Å². The van der Waals surface area contributed by atoms with Crippen LogP contribution in [0.5, 0.6) is 0 Å². The zero-order chi connectivity index (χ0) is 29.4. The number of carbonyl (C=O) groups excluding carboxylic acids is 2. The molecule has 214 valence electrons. The summed E-state index contributed by atoms with van der Waals surface area (Å²) in [4.78, 5) is 28.9. The Bertz CT molecular complexity index is 1430. The summed E-state index contributed by atoms with van der Waals surface area (Å²) in [5.41, 5.74) is 3.23. The molecule has 0 spiro atoms. The van der Waals surface area contributed by atoms with Crippen molar-refractivity contribution in [2.75, 3.05) is 23.7 Å². The molecule has 0 aromatic heterocycles. The largest absolute Gasteiger partial charge is 0.354 e. The van der Waals surface area contributed by atoms with Gasteiger partial charge in [0.25, 0.3) is 0 Å². The molecule has 3 aromatic rings. The van der Waals surface area contributed by atoms with Gasteiger partial charge in [-0.15, -0.1) is 0 Å². The van der Waals surface area contributed by atoms with E-state index in [1.807, 2.05) is 58.0 Å². The van der Waals surface area contributed by atoms with Crippen molar-refractivity contribution >= 4 is 27.5 Å². The highest BCUT2D eigenvalue weighted by Crippen LogP contribution is 2.23. The third-order valence-corrected chi connectivity index (χ3v) is 7.85. The molecule has 40 heavy (non-hydrogen) atoms. The number of benzene rings is 3. The van der Waals surface area contributed by atoms with Gasteiger partial charge in [0, 0.05) is 25.1 Å². The van der Waals surface area contributed by atoms with Gasteiger partial charge in [-0.3, -0.25) is 13.9 Å². The monoisotopic (exact) mass is 567 g/mol. The Morgan fingerprint density at radius 3 is 2.17 bits per heavy atom. The first kappa shape index (κ1) is 30.8. The van der Waals surface area contributed by atoms with Crippen LogP contribution < -0.4 is 9.62 Å². The van der Waals surface area contributed by atoms with Crippen LogP contribution in [0.3, 0.4) is 0 Å². The van der Waals surface area contributed by atoms with E-state index in [0.29, 0.717) is 12.2 Å². The third-order valence-electron chi connectivity index (χ3n) is 6.71. The second-order valence-corrected chi connectivity index (χ2v) is 12.4. The molecule has 0 saturated heterocycles. The minimum Gasteiger partial charge on any atom is -0.354 e. The molecule has 0 fully saturated rings. The van der Waals surface area contributed by atoms with Crippen LogP contribution in [0.25, 0.3) is 0 Å². The van der Waals surface area contributed by atoms with Gasteiger partial charge < -0.3 is 10.2 Å². The summed E-state index contributed by atoms with van der Waals surface area (Å²) in [6.07, 6.45) is 1.21. The second-order valence-electron chi connectivity index (χ2n) is 10.5. The molecule has 3 rings (SSSR count). The fourth-order valence-electron chi connectivity index (χ4n) is 4.28. The predicted molar refractivity (Wildman–Crippen MR) is 157 cm³/mol. The number of amides is 2. The highest BCUT2D eigenvalue weighted by atomic mass is 32.2. The first-order valence-corrected chi connectivity index (χ1v) is 15.1. The van der Waals surface area contributed by atoms with E-state index >= 15 is 0 Å². The summed E-state index contributed by atoms with van der Waals surface area (Å²) in [5.74, 6) is -1.36. The van der Waals surface area contributed by atoms with E-state index < -0.39 is 34.3 Å². The van der Waals surface area contributed by atoms with Crippen LogP contribution in [-0.4, -0.2) is 50.5 Å². The number of aryl methyl sites for hydroxylation is 2. The van der Waals surface area contributed by atoms with Crippen molar-refractivity contribution < 1.29 is 22.4 Å². The van der Waals surface area contributed by atoms with Gasteiger partial charge in [0.2, 0.25) is 21.8 Å². The SMILES string of the molecule is Cc1ccc(N(CC(=O)N(Cc2ccccc2F)[C@H](Cc2ccccc2)C(=O)NCC(C)C)S(C)(=O)=O)cc1C. The lowest BCUT2D eigenvalue weighted by molar-refractivity contribution is -0.140. The third kappa shape index (κ3) is 8.39. The molecular formula is C31H38FN3O4S. The smallest absolute Gasteiger partial charge is 0.244 e. The van der Waals surface area contributed by atoms with Gasteiger partial charge in [0.1, 0.15) is 18.4 Å². The molecule has 0 bridgehead atoms. The fourth-order valence-corrected chi connectivity index (χ4v) is 5.12. The number of hydrogen-bond donors (Lipinski definition) is 1. The van der Waals surface area contributed by atoms with Gasteiger partial charge in [0.05, 0.1) is 11.9 Å². The lowest BCUT2D eigenvalue weighted by Gasteiger charge is -2.33. The molecule has 0 radical (unpaired) electrons. The maximum absolute atomic E-state index is 14.8. The summed E-state index contributed by atoms with van der Waals surface area (Å²) in [5, 5.41) is 2.91. The molecule has 0 aliphatic rings. The fraction of sp³-hybridized carbons (Fsp3) is 0.355. The summed E-state index contributed by atoms with van der Waals surface area (Å²) < 4.78 is 41.6. The normalized spacial score (nSPS) is 12.2. The maximum Gasteiger partial charge on any atom is 0.244 e. The molecule has 3 aromatic carbocycles. The molecule has 0 heterocycles. The van der Waals surface area contributed by atoms with E-state index in [1.54, 1.807) is 36.4 Å². The Hall–Kier alpha value is -3.72. The van der Waals surface area contributed by atoms with Crippen LogP contribution in [0, 0.1) is 25.6 Å². The summed E-state index contributed by atoms with van der Waals surface area (Å²) >= 11 is 0. The number of anilines is 1. The van der Waals surface area contributed by atoms with Gasteiger partial charge >= 0.3 is 0 Å². The van der Waals surface area contributed by atoms with E-state index in [0.717, 1.165) is 27.3 Å². The van der Waals surface area contributed by atoms with E-state index in [2.05, 4.69) is 5.32 Å². The van der Waals surface area contributed by atoms with Gasteiger partial charge in [-0.25, -0.2) is 12.8 Å². The lowest BCUT2D eigenvalue weighted by atomic mass is 10.0. The number of hydrogen-bond acceptors (Lipinski definition) is 4. The van der Waals surface area contributed by atoms with Crippen molar-refractivity contribution in [2.24, 2.45) is 5.92 Å².